The maximum Gasteiger partial charge on any atom is 0.254 e. The van der Waals surface area contributed by atoms with Gasteiger partial charge in [-0.1, -0.05) is 66.7 Å². The number of fused-ring (bicyclic) bond motifs is 1. The minimum Gasteiger partial charge on any atom is -0.369 e. The fourth-order valence-electron chi connectivity index (χ4n) is 5.95. The first-order valence-electron chi connectivity index (χ1n) is 14.0. The standard InChI is InChI=1S/C33H36N4OS/c1-25-32(39-24-34-25)23-37-17-14-28-12-13-29(22-31(28)33(37)38)36-20-18-35(19-21-36)16-15-30(26-8-4-2-5-9-26)27-10-6-3-7-11-27/h2-13,22,24,30H,14-21,23H2,1H3. The Labute approximate surface area is 235 Å². The van der Waals surface area contributed by atoms with Crippen LogP contribution in [0, 0.1) is 6.92 Å². The molecule has 3 aromatic carbocycles. The van der Waals surface area contributed by atoms with Crippen LogP contribution >= 0.6 is 11.3 Å². The first-order valence-corrected chi connectivity index (χ1v) is 14.9. The monoisotopic (exact) mass is 536 g/mol. The van der Waals surface area contributed by atoms with Gasteiger partial charge in [0, 0.05) is 54.8 Å². The number of rotatable bonds is 8. The molecule has 1 amide bonds. The van der Waals surface area contributed by atoms with Crippen molar-refractivity contribution >= 4 is 22.9 Å². The van der Waals surface area contributed by atoms with E-state index in [0.717, 1.165) is 63.4 Å². The number of carbonyl (C=O) groups is 1. The van der Waals surface area contributed by atoms with E-state index in [1.165, 1.54) is 27.3 Å². The van der Waals surface area contributed by atoms with Crippen LogP contribution < -0.4 is 4.90 Å². The first-order chi connectivity index (χ1) is 19.2. The second kappa shape index (κ2) is 11.7. The maximum absolute atomic E-state index is 13.4. The number of hydrogen-bond donors (Lipinski definition) is 0. The molecule has 0 spiro atoms. The SMILES string of the molecule is Cc1ncsc1CN1CCc2ccc(N3CCN(CCC(c4ccccc4)c4ccccc4)CC3)cc2C1=O. The van der Waals surface area contributed by atoms with Crippen molar-refractivity contribution in [2.24, 2.45) is 0 Å². The van der Waals surface area contributed by atoms with Crippen LogP contribution in [0.5, 0.6) is 0 Å². The van der Waals surface area contributed by atoms with Gasteiger partial charge < -0.3 is 9.80 Å². The summed E-state index contributed by atoms with van der Waals surface area (Å²) in [6.45, 7) is 8.58. The van der Waals surface area contributed by atoms with Crippen LogP contribution in [0.2, 0.25) is 0 Å². The van der Waals surface area contributed by atoms with Gasteiger partial charge in [0.25, 0.3) is 5.91 Å². The average molecular weight is 537 g/mol. The molecular formula is C33H36N4OS. The van der Waals surface area contributed by atoms with Crippen molar-refractivity contribution < 1.29 is 4.79 Å². The van der Waals surface area contributed by atoms with E-state index in [4.69, 9.17) is 0 Å². The molecule has 1 saturated heterocycles. The maximum atomic E-state index is 13.4. The Balaban J connectivity index is 1.08. The normalized spacial score (nSPS) is 16.1. The van der Waals surface area contributed by atoms with Crippen molar-refractivity contribution in [3.8, 4) is 0 Å². The second-order valence-corrected chi connectivity index (χ2v) is 11.6. The van der Waals surface area contributed by atoms with Crippen molar-refractivity contribution in [3.05, 3.63) is 117 Å². The summed E-state index contributed by atoms with van der Waals surface area (Å²) in [7, 11) is 0. The van der Waals surface area contributed by atoms with Gasteiger partial charge in [-0.3, -0.25) is 9.69 Å². The van der Waals surface area contributed by atoms with Crippen LogP contribution in [0.4, 0.5) is 5.69 Å². The smallest absolute Gasteiger partial charge is 0.254 e. The fraction of sp³-hybridized carbons (Fsp3) is 0.333. The Hall–Kier alpha value is -3.48. The molecule has 39 heavy (non-hydrogen) atoms. The molecular weight excluding hydrogens is 500 g/mol. The summed E-state index contributed by atoms with van der Waals surface area (Å²) >= 11 is 1.64. The van der Waals surface area contributed by atoms with Gasteiger partial charge in [0.05, 0.1) is 17.7 Å². The number of amides is 1. The lowest BCUT2D eigenvalue weighted by Crippen LogP contribution is -2.47. The summed E-state index contributed by atoms with van der Waals surface area (Å²) in [4.78, 5) is 26.0. The third-order valence-corrected chi connectivity index (χ3v) is 9.24. The summed E-state index contributed by atoms with van der Waals surface area (Å²) < 4.78 is 0. The molecule has 4 aromatic rings. The lowest BCUT2D eigenvalue weighted by molar-refractivity contribution is 0.0728. The summed E-state index contributed by atoms with van der Waals surface area (Å²) in [5.41, 5.74) is 8.90. The number of piperazine rings is 1. The summed E-state index contributed by atoms with van der Waals surface area (Å²) in [5.74, 6) is 0.561. The topological polar surface area (TPSA) is 39.7 Å². The Kier molecular flexibility index (Phi) is 7.75. The summed E-state index contributed by atoms with van der Waals surface area (Å²) in [6, 6.07) is 28.3. The molecule has 0 atom stereocenters. The van der Waals surface area contributed by atoms with Crippen molar-refractivity contribution in [1.82, 2.24) is 14.8 Å². The molecule has 5 nitrogen and oxygen atoms in total. The van der Waals surface area contributed by atoms with E-state index in [0.29, 0.717) is 12.5 Å². The predicted molar refractivity (Wildman–Crippen MR) is 160 cm³/mol. The Morgan fingerprint density at radius 2 is 1.56 bits per heavy atom. The Bertz CT molecular complexity index is 1360. The lowest BCUT2D eigenvalue weighted by atomic mass is 9.88. The number of thiazole rings is 1. The van der Waals surface area contributed by atoms with Gasteiger partial charge in [-0.2, -0.15) is 0 Å². The third-order valence-electron chi connectivity index (χ3n) is 8.32. The highest BCUT2D eigenvalue weighted by atomic mass is 32.1. The van der Waals surface area contributed by atoms with Crippen LogP contribution in [-0.2, 0) is 13.0 Å². The zero-order valence-corrected chi connectivity index (χ0v) is 23.4. The molecule has 0 N–H and O–H groups in total. The van der Waals surface area contributed by atoms with Crippen molar-refractivity contribution in [1.29, 1.82) is 0 Å². The number of aryl methyl sites for hydroxylation is 1. The zero-order valence-electron chi connectivity index (χ0n) is 22.6. The second-order valence-electron chi connectivity index (χ2n) is 10.7. The van der Waals surface area contributed by atoms with Gasteiger partial charge in [0.15, 0.2) is 0 Å². The van der Waals surface area contributed by atoms with Crippen molar-refractivity contribution in [3.63, 3.8) is 0 Å². The molecule has 2 aliphatic rings. The quantitative estimate of drug-likeness (QED) is 0.277. The van der Waals surface area contributed by atoms with E-state index >= 15 is 0 Å². The molecule has 6 rings (SSSR count). The van der Waals surface area contributed by atoms with E-state index in [-0.39, 0.29) is 5.91 Å². The van der Waals surface area contributed by atoms with Crippen LogP contribution in [0.1, 0.15) is 50.0 Å². The molecule has 0 radical (unpaired) electrons. The average Bonchev–Trinajstić information content (AvgIpc) is 3.40. The largest absolute Gasteiger partial charge is 0.369 e. The highest BCUT2D eigenvalue weighted by Crippen LogP contribution is 2.30. The predicted octanol–water partition coefficient (Wildman–Crippen LogP) is 5.99. The highest BCUT2D eigenvalue weighted by molar-refractivity contribution is 7.09. The number of anilines is 1. The molecule has 0 bridgehead atoms. The molecule has 0 unspecified atom stereocenters. The first kappa shape index (κ1) is 25.8. The Morgan fingerprint density at radius 3 is 2.21 bits per heavy atom. The molecule has 2 aliphatic heterocycles. The molecule has 6 heteroatoms. The third kappa shape index (κ3) is 5.77. The molecule has 0 saturated carbocycles. The van der Waals surface area contributed by atoms with Crippen LogP contribution in [0.25, 0.3) is 0 Å². The van der Waals surface area contributed by atoms with Crippen LogP contribution in [0.3, 0.4) is 0 Å². The van der Waals surface area contributed by atoms with E-state index in [9.17, 15) is 4.79 Å². The molecule has 3 heterocycles. The molecule has 200 valence electrons. The molecule has 1 fully saturated rings. The van der Waals surface area contributed by atoms with Gasteiger partial charge in [0.2, 0.25) is 0 Å². The van der Waals surface area contributed by atoms with E-state index in [1.54, 1.807) is 11.3 Å². The van der Waals surface area contributed by atoms with Gasteiger partial charge >= 0.3 is 0 Å². The van der Waals surface area contributed by atoms with Gasteiger partial charge in [0.1, 0.15) is 0 Å². The fourth-order valence-corrected chi connectivity index (χ4v) is 6.74. The van der Waals surface area contributed by atoms with E-state index < -0.39 is 0 Å². The number of carbonyl (C=O) groups excluding carboxylic acids is 1. The van der Waals surface area contributed by atoms with E-state index in [2.05, 4.69) is 93.6 Å². The minimum atomic E-state index is 0.150. The summed E-state index contributed by atoms with van der Waals surface area (Å²) in [6.07, 6.45) is 2.02. The van der Waals surface area contributed by atoms with Crippen molar-refractivity contribution in [2.75, 3.05) is 44.2 Å². The van der Waals surface area contributed by atoms with Gasteiger partial charge in [-0.25, -0.2) is 4.98 Å². The van der Waals surface area contributed by atoms with Gasteiger partial charge in [-0.05, 0) is 55.1 Å². The number of nitrogens with zero attached hydrogens (tertiary/aromatic N) is 4. The zero-order chi connectivity index (χ0) is 26.6. The van der Waals surface area contributed by atoms with E-state index in [1.807, 2.05) is 17.3 Å². The number of hydrogen-bond acceptors (Lipinski definition) is 5. The Morgan fingerprint density at radius 1 is 0.872 bits per heavy atom. The number of aromatic nitrogens is 1. The highest BCUT2D eigenvalue weighted by Gasteiger charge is 2.27. The van der Waals surface area contributed by atoms with Crippen molar-refractivity contribution in [2.45, 2.75) is 32.2 Å². The lowest BCUT2D eigenvalue weighted by Gasteiger charge is -2.37. The molecule has 1 aromatic heterocycles. The molecule has 0 aliphatic carbocycles. The summed E-state index contributed by atoms with van der Waals surface area (Å²) in [5, 5.41) is 0. The van der Waals surface area contributed by atoms with Gasteiger partial charge in [-0.15, -0.1) is 11.3 Å². The minimum absolute atomic E-state index is 0.150. The van der Waals surface area contributed by atoms with Crippen LogP contribution in [0.15, 0.2) is 84.4 Å². The van der Waals surface area contributed by atoms with Crippen LogP contribution in [-0.4, -0.2) is 60.0 Å². The number of benzene rings is 3.